The maximum atomic E-state index is 10.1. The van der Waals surface area contributed by atoms with Crippen molar-refractivity contribution in [3.05, 3.63) is 24.3 Å². The summed E-state index contributed by atoms with van der Waals surface area (Å²) in [6, 6.07) is 7.59. The molecule has 0 saturated carbocycles. The summed E-state index contributed by atoms with van der Waals surface area (Å²) in [6.45, 7) is 10.6. The van der Waals surface area contributed by atoms with Gasteiger partial charge in [0.2, 0.25) is 0 Å². The summed E-state index contributed by atoms with van der Waals surface area (Å²) in [5.41, 5.74) is 0.929. The van der Waals surface area contributed by atoms with E-state index >= 15 is 0 Å². The Morgan fingerprint density at radius 2 is 1.79 bits per heavy atom. The fraction of sp³-hybridized carbons (Fsp3) is 0.667. The summed E-state index contributed by atoms with van der Waals surface area (Å²) in [6.07, 6.45) is 3.88. The first-order valence-corrected chi connectivity index (χ1v) is 10.4. The zero-order chi connectivity index (χ0) is 19.1. The summed E-state index contributed by atoms with van der Waals surface area (Å²) in [5, 5.41) is 13.6. The van der Waals surface area contributed by atoms with Crippen molar-refractivity contribution in [3.63, 3.8) is 0 Å². The molecule has 0 unspecified atom stereocenters. The van der Waals surface area contributed by atoms with Crippen LogP contribution in [0.25, 0.3) is 0 Å². The Hall–Kier alpha value is -1.22. The number of aromatic hydroxyl groups is 1. The number of halogens is 1. The van der Waals surface area contributed by atoms with E-state index < -0.39 is 0 Å². The molecule has 0 bridgehead atoms. The third kappa shape index (κ3) is 6.14. The Morgan fingerprint density at radius 1 is 1.11 bits per heavy atom. The molecule has 0 atom stereocenters. The molecule has 0 aromatic heterocycles. The van der Waals surface area contributed by atoms with Gasteiger partial charge in [0, 0.05) is 39.8 Å². The topological polar surface area (TPSA) is 54.3 Å². The van der Waals surface area contributed by atoms with E-state index in [0.717, 1.165) is 50.3 Å². The van der Waals surface area contributed by atoms with Crippen LogP contribution in [0.5, 0.6) is 5.75 Å². The molecular formula is C21H36IN5O. The molecule has 0 radical (unpaired) electrons. The molecular weight excluding hydrogens is 465 g/mol. The molecule has 2 saturated heterocycles. The van der Waals surface area contributed by atoms with Crippen molar-refractivity contribution in [3.8, 4) is 5.75 Å². The number of para-hydroxylation sites is 2. The fourth-order valence-electron chi connectivity index (χ4n) is 4.20. The molecule has 2 aliphatic heterocycles. The molecule has 158 valence electrons. The van der Waals surface area contributed by atoms with E-state index in [2.05, 4.69) is 31.9 Å². The Balaban J connectivity index is 0.00000280. The number of likely N-dealkylation sites (tertiary alicyclic amines) is 1. The third-order valence-corrected chi connectivity index (χ3v) is 6.00. The lowest BCUT2D eigenvalue weighted by Gasteiger charge is -2.38. The Labute approximate surface area is 187 Å². The van der Waals surface area contributed by atoms with Gasteiger partial charge < -0.3 is 25.1 Å². The van der Waals surface area contributed by atoms with Gasteiger partial charge in [0.15, 0.2) is 5.96 Å². The molecule has 1 aromatic rings. The first kappa shape index (κ1) is 23.1. The molecule has 2 heterocycles. The molecule has 6 nitrogen and oxygen atoms in total. The van der Waals surface area contributed by atoms with Gasteiger partial charge in [0.25, 0.3) is 0 Å². The maximum absolute atomic E-state index is 10.1. The standard InChI is InChI=1S/C21H35N5O.HI/c1-3-24-12-9-18(10-13-24)8-11-23-21(22-2)26-16-14-25(15-17-26)19-6-4-5-7-20(19)27;/h4-7,18,27H,3,8-17H2,1-2H3,(H,22,23);1H. The van der Waals surface area contributed by atoms with Gasteiger partial charge in [0.05, 0.1) is 5.69 Å². The maximum Gasteiger partial charge on any atom is 0.193 e. The lowest BCUT2D eigenvalue weighted by atomic mass is 9.93. The number of phenols is 1. The fourth-order valence-corrected chi connectivity index (χ4v) is 4.20. The van der Waals surface area contributed by atoms with Crippen LogP contribution in [-0.4, -0.2) is 80.3 Å². The van der Waals surface area contributed by atoms with Crippen LogP contribution in [0, 0.1) is 5.92 Å². The molecule has 28 heavy (non-hydrogen) atoms. The number of rotatable bonds is 5. The molecule has 3 rings (SSSR count). The third-order valence-electron chi connectivity index (χ3n) is 6.00. The quantitative estimate of drug-likeness (QED) is 0.369. The highest BCUT2D eigenvalue weighted by Crippen LogP contribution is 2.27. The van der Waals surface area contributed by atoms with Crippen LogP contribution in [0.15, 0.2) is 29.3 Å². The SMILES string of the molecule is CCN1CCC(CCNC(=NC)N2CCN(c3ccccc3O)CC2)CC1.I. The molecule has 2 N–H and O–H groups in total. The van der Waals surface area contributed by atoms with Crippen molar-refractivity contribution < 1.29 is 5.11 Å². The van der Waals surface area contributed by atoms with Crippen molar-refractivity contribution in [2.45, 2.75) is 26.2 Å². The smallest absolute Gasteiger partial charge is 0.193 e. The molecule has 2 aliphatic rings. The van der Waals surface area contributed by atoms with Crippen LogP contribution in [0.4, 0.5) is 5.69 Å². The Bertz CT molecular complexity index is 611. The predicted octanol–water partition coefficient (Wildman–Crippen LogP) is 2.83. The number of nitrogens with zero attached hydrogens (tertiary/aromatic N) is 4. The van der Waals surface area contributed by atoms with Crippen LogP contribution in [-0.2, 0) is 0 Å². The second-order valence-electron chi connectivity index (χ2n) is 7.60. The van der Waals surface area contributed by atoms with E-state index in [1.807, 2.05) is 25.2 Å². The van der Waals surface area contributed by atoms with Crippen molar-refractivity contribution in [2.24, 2.45) is 10.9 Å². The highest BCUT2D eigenvalue weighted by atomic mass is 127. The molecule has 2 fully saturated rings. The molecule has 0 spiro atoms. The highest BCUT2D eigenvalue weighted by Gasteiger charge is 2.22. The lowest BCUT2D eigenvalue weighted by Crippen LogP contribution is -2.52. The van der Waals surface area contributed by atoms with E-state index in [9.17, 15) is 5.11 Å². The monoisotopic (exact) mass is 501 g/mol. The van der Waals surface area contributed by atoms with E-state index in [1.165, 1.54) is 38.9 Å². The second-order valence-corrected chi connectivity index (χ2v) is 7.60. The van der Waals surface area contributed by atoms with Gasteiger partial charge in [-0.25, -0.2) is 0 Å². The van der Waals surface area contributed by atoms with E-state index in [1.54, 1.807) is 6.07 Å². The molecule has 1 aromatic carbocycles. The minimum absolute atomic E-state index is 0. The van der Waals surface area contributed by atoms with Crippen molar-refractivity contribution in [1.82, 2.24) is 15.1 Å². The van der Waals surface area contributed by atoms with Gasteiger partial charge in [-0.3, -0.25) is 4.99 Å². The molecule has 0 amide bonds. The average Bonchev–Trinajstić information content (AvgIpc) is 2.72. The van der Waals surface area contributed by atoms with Gasteiger partial charge in [-0.15, -0.1) is 24.0 Å². The van der Waals surface area contributed by atoms with Crippen molar-refractivity contribution in [2.75, 3.05) is 64.3 Å². The average molecular weight is 501 g/mol. The first-order chi connectivity index (χ1) is 13.2. The van der Waals surface area contributed by atoms with E-state index in [0.29, 0.717) is 5.75 Å². The summed E-state index contributed by atoms with van der Waals surface area (Å²) in [4.78, 5) is 11.6. The van der Waals surface area contributed by atoms with Crippen molar-refractivity contribution in [1.29, 1.82) is 0 Å². The van der Waals surface area contributed by atoms with E-state index in [4.69, 9.17) is 0 Å². The van der Waals surface area contributed by atoms with Gasteiger partial charge in [0.1, 0.15) is 5.75 Å². The van der Waals surface area contributed by atoms with Crippen LogP contribution in [0.1, 0.15) is 26.2 Å². The zero-order valence-corrected chi connectivity index (χ0v) is 19.6. The number of benzene rings is 1. The highest BCUT2D eigenvalue weighted by molar-refractivity contribution is 14.0. The first-order valence-electron chi connectivity index (χ1n) is 10.4. The van der Waals surface area contributed by atoms with Gasteiger partial charge >= 0.3 is 0 Å². The number of hydrogen-bond acceptors (Lipinski definition) is 4. The number of phenolic OH excluding ortho intramolecular Hbond substituents is 1. The van der Waals surface area contributed by atoms with E-state index in [-0.39, 0.29) is 24.0 Å². The number of guanidine groups is 1. The lowest BCUT2D eigenvalue weighted by molar-refractivity contribution is 0.187. The normalized spacial score (nSPS) is 19.4. The predicted molar refractivity (Wildman–Crippen MR) is 128 cm³/mol. The summed E-state index contributed by atoms with van der Waals surface area (Å²) < 4.78 is 0. The van der Waals surface area contributed by atoms with Crippen molar-refractivity contribution >= 4 is 35.6 Å². The Kier molecular flexibility index (Phi) is 9.64. The number of piperazine rings is 1. The number of hydrogen-bond donors (Lipinski definition) is 2. The minimum atomic E-state index is 0. The zero-order valence-electron chi connectivity index (χ0n) is 17.3. The van der Waals surface area contributed by atoms with Crippen LogP contribution < -0.4 is 10.2 Å². The number of nitrogens with one attached hydrogen (secondary N) is 1. The molecule has 7 heteroatoms. The number of piperidine rings is 1. The summed E-state index contributed by atoms with van der Waals surface area (Å²) >= 11 is 0. The number of anilines is 1. The van der Waals surface area contributed by atoms with Crippen LogP contribution in [0.2, 0.25) is 0 Å². The van der Waals surface area contributed by atoms with Gasteiger partial charge in [-0.1, -0.05) is 19.1 Å². The van der Waals surface area contributed by atoms with Gasteiger partial charge in [-0.2, -0.15) is 0 Å². The number of aliphatic imine (C=N–C) groups is 1. The van der Waals surface area contributed by atoms with Crippen LogP contribution >= 0.6 is 24.0 Å². The summed E-state index contributed by atoms with van der Waals surface area (Å²) in [7, 11) is 1.87. The van der Waals surface area contributed by atoms with Crippen LogP contribution in [0.3, 0.4) is 0 Å². The van der Waals surface area contributed by atoms with Gasteiger partial charge in [-0.05, 0) is 56.9 Å². The molecule has 0 aliphatic carbocycles. The minimum Gasteiger partial charge on any atom is -0.506 e. The Morgan fingerprint density at radius 3 is 2.39 bits per heavy atom. The summed E-state index contributed by atoms with van der Waals surface area (Å²) in [5.74, 6) is 2.22. The largest absolute Gasteiger partial charge is 0.506 e. The second kappa shape index (κ2) is 11.7.